The molecule has 2 saturated heterocycles. The minimum atomic E-state index is -3.79. The molecule has 0 aromatic carbocycles. The van der Waals surface area contributed by atoms with Gasteiger partial charge in [0.1, 0.15) is 10.6 Å². The van der Waals surface area contributed by atoms with Crippen molar-refractivity contribution in [3.8, 4) is 0 Å². The first-order valence-corrected chi connectivity index (χ1v) is 12.4. The molecule has 2 amide bonds. The van der Waals surface area contributed by atoms with E-state index in [0.717, 1.165) is 12.8 Å². The number of likely N-dealkylation sites (tertiary alicyclic amines) is 1. The number of piperazine rings is 1. The van der Waals surface area contributed by atoms with E-state index in [1.54, 1.807) is 35.6 Å². The highest BCUT2D eigenvalue weighted by molar-refractivity contribution is 7.89. The standard InChI is InChI=1S/C22H30N4O5S/c1-16-6-8-24(9-7-16)21(27)18-15-20(17(2)23(18)3)32(29,30)26-12-10-25(11-13-26)22(28)19-5-4-14-31-19/h4-5,14-16H,6-13H2,1-3H3. The van der Waals surface area contributed by atoms with E-state index < -0.39 is 10.0 Å². The summed E-state index contributed by atoms with van der Waals surface area (Å²) in [6.45, 7) is 6.23. The second-order valence-corrected chi connectivity index (χ2v) is 10.6. The number of hydrogen-bond donors (Lipinski definition) is 0. The lowest BCUT2D eigenvalue weighted by atomic mass is 9.99. The Hall–Kier alpha value is -2.59. The predicted molar refractivity (Wildman–Crippen MR) is 118 cm³/mol. The molecule has 4 rings (SSSR count). The molecule has 10 heteroatoms. The molecule has 2 fully saturated rings. The third kappa shape index (κ3) is 4.09. The molecule has 2 aromatic heterocycles. The van der Waals surface area contributed by atoms with E-state index in [2.05, 4.69) is 6.92 Å². The van der Waals surface area contributed by atoms with Crippen molar-refractivity contribution in [3.63, 3.8) is 0 Å². The van der Waals surface area contributed by atoms with Crippen molar-refractivity contribution in [1.29, 1.82) is 0 Å². The average Bonchev–Trinajstić information content (AvgIpc) is 3.43. The molecule has 2 aliphatic heterocycles. The maximum atomic E-state index is 13.4. The van der Waals surface area contributed by atoms with Crippen LogP contribution in [0, 0.1) is 12.8 Å². The number of rotatable bonds is 4. The first-order chi connectivity index (χ1) is 15.2. The zero-order valence-electron chi connectivity index (χ0n) is 18.8. The van der Waals surface area contributed by atoms with Gasteiger partial charge in [-0.1, -0.05) is 6.92 Å². The molecule has 0 saturated carbocycles. The molecular formula is C22H30N4O5S. The van der Waals surface area contributed by atoms with Crippen molar-refractivity contribution in [2.24, 2.45) is 13.0 Å². The third-order valence-electron chi connectivity index (χ3n) is 6.65. The maximum absolute atomic E-state index is 13.4. The third-order valence-corrected chi connectivity index (χ3v) is 8.67. The summed E-state index contributed by atoms with van der Waals surface area (Å²) in [6, 6.07) is 4.75. The van der Waals surface area contributed by atoms with Gasteiger partial charge in [0.25, 0.3) is 11.8 Å². The van der Waals surface area contributed by atoms with E-state index in [1.165, 1.54) is 16.6 Å². The quantitative estimate of drug-likeness (QED) is 0.692. The first-order valence-electron chi connectivity index (χ1n) is 11.0. The van der Waals surface area contributed by atoms with Crippen molar-refractivity contribution < 1.29 is 22.4 Å². The van der Waals surface area contributed by atoms with E-state index in [1.807, 2.05) is 4.90 Å². The molecule has 2 aliphatic rings. The molecule has 0 N–H and O–H groups in total. The fraction of sp³-hybridized carbons (Fsp3) is 0.545. The first kappa shape index (κ1) is 22.6. The summed E-state index contributed by atoms with van der Waals surface area (Å²) in [5.74, 6) is 0.475. The van der Waals surface area contributed by atoms with Crippen LogP contribution in [0.4, 0.5) is 0 Å². The number of sulfonamides is 1. The molecule has 4 heterocycles. The van der Waals surface area contributed by atoms with Crippen LogP contribution in [0.2, 0.25) is 0 Å². The zero-order valence-corrected chi connectivity index (χ0v) is 19.6. The fourth-order valence-corrected chi connectivity index (χ4v) is 6.03. The summed E-state index contributed by atoms with van der Waals surface area (Å²) in [6.07, 6.45) is 3.36. The Labute approximate surface area is 188 Å². The predicted octanol–water partition coefficient (Wildman–Crippen LogP) is 1.95. The minimum Gasteiger partial charge on any atom is -0.459 e. The summed E-state index contributed by atoms with van der Waals surface area (Å²) >= 11 is 0. The lowest BCUT2D eigenvalue weighted by Gasteiger charge is -2.33. The largest absolute Gasteiger partial charge is 0.459 e. The molecule has 0 atom stereocenters. The summed E-state index contributed by atoms with van der Waals surface area (Å²) < 4.78 is 35.0. The highest BCUT2D eigenvalue weighted by atomic mass is 32.2. The van der Waals surface area contributed by atoms with Crippen LogP contribution in [0.1, 0.15) is 46.5 Å². The summed E-state index contributed by atoms with van der Waals surface area (Å²) in [5.41, 5.74) is 0.926. The van der Waals surface area contributed by atoms with E-state index in [0.29, 0.717) is 30.4 Å². The summed E-state index contributed by atoms with van der Waals surface area (Å²) in [7, 11) is -2.06. The van der Waals surface area contributed by atoms with Gasteiger partial charge in [-0.15, -0.1) is 0 Å². The van der Waals surface area contributed by atoms with Gasteiger partial charge in [-0.05, 0) is 43.9 Å². The molecule has 0 spiro atoms. The van der Waals surface area contributed by atoms with Gasteiger partial charge in [-0.3, -0.25) is 9.59 Å². The van der Waals surface area contributed by atoms with E-state index in [-0.39, 0.29) is 48.6 Å². The lowest BCUT2D eigenvalue weighted by Crippen LogP contribution is -2.50. The summed E-state index contributed by atoms with van der Waals surface area (Å²) in [5, 5.41) is 0. The van der Waals surface area contributed by atoms with Crippen molar-refractivity contribution in [1.82, 2.24) is 18.7 Å². The normalized spacial score (nSPS) is 18.8. The average molecular weight is 463 g/mol. The zero-order chi connectivity index (χ0) is 23.0. The molecule has 0 radical (unpaired) electrons. The molecule has 9 nitrogen and oxygen atoms in total. The van der Waals surface area contributed by atoms with Crippen LogP contribution < -0.4 is 0 Å². The van der Waals surface area contributed by atoms with Crippen molar-refractivity contribution in [2.45, 2.75) is 31.6 Å². The number of aromatic nitrogens is 1. The Morgan fingerprint density at radius 2 is 1.62 bits per heavy atom. The highest BCUT2D eigenvalue weighted by Gasteiger charge is 2.35. The molecule has 0 bridgehead atoms. The van der Waals surface area contributed by atoms with Crippen LogP contribution in [0.15, 0.2) is 33.8 Å². The SMILES string of the molecule is Cc1c(S(=O)(=O)N2CCN(C(=O)c3ccco3)CC2)cc(C(=O)N2CCC(C)CC2)n1C. The Balaban J connectivity index is 1.49. The maximum Gasteiger partial charge on any atom is 0.289 e. The summed E-state index contributed by atoms with van der Waals surface area (Å²) in [4.78, 5) is 29.1. The van der Waals surface area contributed by atoms with Gasteiger partial charge in [-0.2, -0.15) is 4.31 Å². The van der Waals surface area contributed by atoms with Gasteiger partial charge in [0.15, 0.2) is 5.76 Å². The Morgan fingerprint density at radius 1 is 1.00 bits per heavy atom. The minimum absolute atomic E-state index is 0.127. The number of furan rings is 1. The number of hydrogen-bond acceptors (Lipinski definition) is 5. The number of amides is 2. The van der Waals surface area contributed by atoms with Gasteiger partial charge < -0.3 is 18.8 Å². The van der Waals surface area contributed by atoms with Crippen LogP contribution >= 0.6 is 0 Å². The topological polar surface area (TPSA) is 96.1 Å². The smallest absolute Gasteiger partial charge is 0.289 e. The van der Waals surface area contributed by atoms with E-state index in [4.69, 9.17) is 4.42 Å². The number of carbonyl (C=O) groups excluding carboxylic acids is 2. The van der Waals surface area contributed by atoms with E-state index in [9.17, 15) is 18.0 Å². The highest BCUT2D eigenvalue weighted by Crippen LogP contribution is 2.26. The van der Waals surface area contributed by atoms with Gasteiger partial charge in [0.05, 0.1) is 6.26 Å². The Kier molecular flexibility index (Phi) is 6.17. The molecule has 174 valence electrons. The van der Waals surface area contributed by atoms with Crippen LogP contribution in [0.25, 0.3) is 0 Å². The van der Waals surface area contributed by atoms with Crippen molar-refractivity contribution in [3.05, 3.63) is 41.6 Å². The molecular weight excluding hydrogens is 432 g/mol. The van der Waals surface area contributed by atoms with Crippen LogP contribution in [-0.2, 0) is 17.1 Å². The van der Waals surface area contributed by atoms with Crippen LogP contribution in [0.5, 0.6) is 0 Å². The molecule has 32 heavy (non-hydrogen) atoms. The van der Waals surface area contributed by atoms with Gasteiger partial charge in [0.2, 0.25) is 10.0 Å². The Morgan fingerprint density at radius 3 is 2.22 bits per heavy atom. The van der Waals surface area contributed by atoms with Crippen molar-refractivity contribution in [2.75, 3.05) is 39.3 Å². The number of carbonyl (C=O) groups is 2. The molecule has 0 aliphatic carbocycles. The molecule has 2 aromatic rings. The second-order valence-electron chi connectivity index (χ2n) is 8.69. The van der Waals surface area contributed by atoms with Crippen molar-refractivity contribution >= 4 is 21.8 Å². The van der Waals surface area contributed by atoms with Crippen LogP contribution in [0.3, 0.4) is 0 Å². The Bertz CT molecular complexity index is 1090. The van der Waals surface area contributed by atoms with Gasteiger partial charge in [-0.25, -0.2) is 8.42 Å². The van der Waals surface area contributed by atoms with E-state index >= 15 is 0 Å². The number of nitrogens with zero attached hydrogens (tertiary/aromatic N) is 4. The van der Waals surface area contributed by atoms with Gasteiger partial charge in [0, 0.05) is 52.0 Å². The molecule has 0 unspecified atom stereocenters. The number of piperidine rings is 1. The van der Waals surface area contributed by atoms with Gasteiger partial charge >= 0.3 is 0 Å². The monoisotopic (exact) mass is 462 g/mol. The second kappa shape index (κ2) is 8.74. The lowest BCUT2D eigenvalue weighted by molar-refractivity contribution is 0.0664. The fourth-order valence-electron chi connectivity index (χ4n) is 4.34. The van der Waals surface area contributed by atoms with Crippen LogP contribution in [-0.4, -0.2) is 78.2 Å².